The minimum Gasteiger partial charge on any atom is -0.481 e. The van der Waals surface area contributed by atoms with Crippen LogP contribution in [-0.4, -0.2) is 35.7 Å². The van der Waals surface area contributed by atoms with Crippen molar-refractivity contribution in [1.29, 1.82) is 0 Å². The van der Waals surface area contributed by atoms with E-state index in [9.17, 15) is 9.59 Å². The van der Waals surface area contributed by atoms with Crippen LogP contribution in [0.1, 0.15) is 33.1 Å². The number of nitrogens with one attached hydrogen (secondary N) is 1. The highest BCUT2D eigenvalue weighted by molar-refractivity contribution is 5.91. The molecular formula is C14H21NO4. The minimum atomic E-state index is -0.869. The van der Waals surface area contributed by atoms with E-state index in [0.717, 1.165) is 6.42 Å². The number of hydrogen-bond donors (Lipinski definition) is 2. The van der Waals surface area contributed by atoms with E-state index in [4.69, 9.17) is 9.84 Å². The normalized spacial score (nSPS) is 39.9. The molecule has 0 aromatic rings. The fourth-order valence-corrected chi connectivity index (χ4v) is 3.52. The summed E-state index contributed by atoms with van der Waals surface area (Å²) in [6.45, 7) is 4.39. The number of aliphatic carboxylic acids is 1. The smallest absolute Gasteiger partial charge is 0.307 e. The van der Waals surface area contributed by atoms with E-state index in [0.29, 0.717) is 12.5 Å². The largest absolute Gasteiger partial charge is 0.481 e. The van der Waals surface area contributed by atoms with Crippen molar-refractivity contribution in [3.05, 3.63) is 0 Å². The maximum absolute atomic E-state index is 12.3. The SMILES string of the molecule is CC1(C)C(C(=O)O)C1C(=O)NC1CCOC1C1CC1. The Morgan fingerprint density at radius 2 is 1.89 bits per heavy atom. The van der Waals surface area contributed by atoms with E-state index in [-0.39, 0.29) is 18.1 Å². The Morgan fingerprint density at radius 3 is 2.42 bits per heavy atom. The van der Waals surface area contributed by atoms with Crippen LogP contribution in [0, 0.1) is 23.2 Å². The van der Waals surface area contributed by atoms with Crippen LogP contribution in [0.25, 0.3) is 0 Å². The minimum absolute atomic E-state index is 0.0749. The second-order valence-corrected chi connectivity index (χ2v) is 6.69. The third-order valence-corrected chi connectivity index (χ3v) is 4.93. The monoisotopic (exact) mass is 267 g/mol. The zero-order chi connectivity index (χ0) is 13.8. The van der Waals surface area contributed by atoms with Gasteiger partial charge in [-0.1, -0.05) is 13.8 Å². The molecule has 2 saturated carbocycles. The molecule has 0 aromatic heterocycles. The summed E-state index contributed by atoms with van der Waals surface area (Å²) < 4.78 is 5.69. The third-order valence-electron chi connectivity index (χ3n) is 4.93. The molecule has 1 amide bonds. The lowest BCUT2D eigenvalue weighted by molar-refractivity contribution is -0.140. The molecule has 2 N–H and O–H groups in total. The van der Waals surface area contributed by atoms with Gasteiger partial charge in [0.15, 0.2) is 0 Å². The molecule has 1 saturated heterocycles. The Balaban J connectivity index is 1.61. The first-order valence-electron chi connectivity index (χ1n) is 7.07. The highest BCUT2D eigenvalue weighted by Crippen LogP contribution is 2.58. The van der Waals surface area contributed by atoms with Crippen LogP contribution in [0.2, 0.25) is 0 Å². The highest BCUT2D eigenvalue weighted by atomic mass is 16.5. The van der Waals surface area contributed by atoms with Gasteiger partial charge in [0.05, 0.1) is 24.0 Å². The zero-order valence-corrected chi connectivity index (χ0v) is 11.4. The third kappa shape index (κ3) is 2.14. The van der Waals surface area contributed by atoms with Crippen molar-refractivity contribution >= 4 is 11.9 Å². The second-order valence-electron chi connectivity index (χ2n) is 6.69. The summed E-state index contributed by atoms with van der Waals surface area (Å²) >= 11 is 0. The Morgan fingerprint density at radius 1 is 1.21 bits per heavy atom. The first-order chi connectivity index (χ1) is 8.93. The summed E-state index contributed by atoms with van der Waals surface area (Å²) in [4.78, 5) is 23.4. The number of carbonyl (C=O) groups excluding carboxylic acids is 1. The summed E-state index contributed by atoms with van der Waals surface area (Å²) in [5, 5.41) is 12.1. The van der Waals surface area contributed by atoms with Gasteiger partial charge in [0.1, 0.15) is 0 Å². The molecule has 1 heterocycles. The van der Waals surface area contributed by atoms with E-state index in [2.05, 4.69) is 5.32 Å². The van der Waals surface area contributed by atoms with Gasteiger partial charge in [-0.15, -0.1) is 0 Å². The summed E-state index contributed by atoms with van der Waals surface area (Å²) in [5.41, 5.74) is -0.426. The molecule has 19 heavy (non-hydrogen) atoms. The number of hydrogen-bond acceptors (Lipinski definition) is 3. The number of ether oxygens (including phenoxy) is 1. The average Bonchev–Trinajstić information content (AvgIpc) is 3.18. The molecule has 106 valence electrons. The maximum atomic E-state index is 12.3. The van der Waals surface area contributed by atoms with Crippen LogP contribution in [0.5, 0.6) is 0 Å². The van der Waals surface area contributed by atoms with Crippen molar-refractivity contribution < 1.29 is 19.4 Å². The molecule has 0 aromatic carbocycles. The van der Waals surface area contributed by atoms with Crippen LogP contribution in [-0.2, 0) is 14.3 Å². The van der Waals surface area contributed by atoms with E-state index >= 15 is 0 Å². The van der Waals surface area contributed by atoms with Gasteiger partial charge in [-0.2, -0.15) is 0 Å². The van der Waals surface area contributed by atoms with Crippen LogP contribution in [0.3, 0.4) is 0 Å². The number of amides is 1. The van der Waals surface area contributed by atoms with Crippen molar-refractivity contribution in [2.75, 3.05) is 6.61 Å². The van der Waals surface area contributed by atoms with Gasteiger partial charge in [0.25, 0.3) is 0 Å². The Kier molecular flexibility index (Phi) is 2.85. The molecule has 0 spiro atoms. The van der Waals surface area contributed by atoms with Gasteiger partial charge >= 0.3 is 5.97 Å². The summed E-state index contributed by atoms with van der Waals surface area (Å²) in [6.07, 6.45) is 3.36. The lowest BCUT2D eigenvalue weighted by Crippen LogP contribution is -2.42. The molecule has 4 atom stereocenters. The molecule has 0 radical (unpaired) electrons. The Bertz CT molecular complexity index is 416. The molecule has 3 rings (SSSR count). The fourth-order valence-electron chi connectivity index (χ4n) is 3.52. The predicted octanol–water partition coefficient (Wildman–Crippen LogP) is 1.03. The summed E-state index contributed by atoms with van der Waals surface area (Å²) in [7, 11) is 0. The van der Waals surface area contributed by atoms with Gasteiger partial charge in [-0.3, -0.25) is 9.59 Å². The van der Waals surface area contributed by atoms with Crippen molar-refractivity contribution in [3.8, 4) is 0 Å². The van der Waals surface area contributed by atoms with E-state index in [1.807, 2.05) is 13.8 Å². The quantitative estimate of drug-likeness (QED) is 0.797. The van der Waals surface area contributed by atoms with Crippen molar-refractivity contribution in [3.63, 3.8) is 0 Å². The predicted molar refractivity (Wildman–Crippen MR) is 67.4 cm³/mol. The number of rotatable bonds is 4. The second kappa shape index (κ2) is 4.20. The van der Waals surface area contributed by atoms with E-state index in [1.54, 1.807) is 0 Å². The molecule has 4 unspecified atom stereocenters. The lowest BCUT2D eigenvalue weighted by atomic mass is 10.0. The molecule has 5 heteroatoms. The van der Waals surface area contributed by atoms with Gasteiger partial charge in [0, 0.05) is 6.61 Å². The topological polar surface area (TPSA) is 75.6 Å². The number of carbonyl (C=O) groups is 2. The van der Waals surface area contributed by atoms with Crippen molar-refractivity contribution in [2.45, 2.75) is 45.3 Å². The first kappa shape index (κ1) is 12.9. The molecule has 1 aliphatic heterocycles. The van der Waals surface area contributed by atoms with Gasteiger partial charge in [-0.05, 0) is 30.6 Å². The molecule has 5 nitrogen and oxygen atoms in total. The molecule has 0 bridgehead atoms. The van der Waals surface area contributed by atoms with E-state index < -0.39 is 23.2 Å². The fraction of sp³-hybridized carbons (Fsp3) is 0.857. The van der Waals surface area contributed by atoms with Gasteiger partial charge in [0.2, 0.25) is 5.91 Å². The van der Waals surface area contributed by atoms with Crippen LogP contribution < -0.4 is 5.32 Å². The standard InChI is InChI=1S/C14H21NO4/c1-14(2)9(10(14)13(17)18)12(16)15-8-5-6-19-11(8)7-3-4-7/h7-11H,3-6H2,1-2H3,(H,15,16)(H,17,18). The summed E-state index contributed by atoms with van der Waals surface area (Å²) in [6, 6.07) is 0.0749. The van der Waals surface area contributed by atoms with Gasteiger partial charge < -0.3 is 15.2 Å². The highest BCUT2D eigenvalue weighted by Gasteiger charge is 2.66. The molecule has 2 aliphatic carbocycles. The molecule has 3 aliphatic rings. The van der Waals surface area contributed by atoms with Crippen molar-refractivity contribution in [1.82, 2.24) is 5.32 Å². The zero-order valence-electron chi connectivity index (χ0n) is 11.4. The first-order valence-corrected chi connectivity index (χ1v) is 7.07. The number of carboxylic acid groups (broad SMARTS) is 1. The van der Waals surface area contributed by atoms with Crippen LogP contribution in [0.15, 0.2) is 0 Å². The van der Waals surface area contributed by atoms with Crippen molar-refractivity contribution in [2.24, 2.45) is 23.2 Å². The Labute approximate surface area is 112 Å². The molecular weight excluding hydrogens is 246 g/mol. The van der Waals surface area contributed by atoms with Gasteiger partial charge in [-0.25, -0.2) is 0 Å². The maximum Gasteiger partial charge on any atom is 0.307 e. The van der Waals surface area contributed by atoms with E-state index in [1.165, 1.54) is 12.8 Å². The van der Waals surface area contributed by atoms with Crippen LogP contribution >= 0.6 is 0 Å². The number of carboxylic acids is 1. The van der Waals surface area contributed by atoms with Crippen LogP contribution in [0.4, 0.5) is 0 Å². The Hall–Kier alpha value is -1.10. The lowest BCUT2D eigenvalue weighted by Gasteiger charge is -2.19. The summed E-state index contributed by atoms with van der Waals surface area (Å²) in [5.74, 6) is -1.33. The molecule has 3 fully saturated rings. The average molecular weight is 267 g/mol.